The van der Waals surface area contributed by atoms with Gasteiger partial charge in [0.05, 0.1) is 5.69 Å². The Bertz CT molecular complexity index is 1120. The largest absolute Gasteiger partial charge is 0.486 e. The normalized spacial score (nSPS) is 12.9. The molecule has 0 bridgehead atoms. The number of nitrogens with one attached hydrogen (secondary N) is 1. The van der Waals surface area contributed by atoms with Crippen LogP contribution in [0.15, 0.2) is 54.2 Å². The Morgan fingerprint density at radius 1 is 1.11 bits per heavy atom. The molecule has 4 aromatic rings. The summed E-state index contributed by atoms with van der Waals surface area (Å²) >= 11 is 1.36. The van der Waals surface area contributed by atoms with Crippen molar-refractivity contribution >= 4 is 28.0 Å². The molecule has 1 aliphatic heterocycles. The Hall–Kier alpha value is -3.39. The van der Waals surface area contributed by atoms with Gasteiger partial charge in [0.1, 0.15) is 24.6 Å². The summed E-state index contributed by atoms with van der Waals surface area (Å²) in [5.41, 5.74) is 2.74. The summed E-state index contributed by atoms with van der Waals surface area (Å²) in [6.07, 6.45) is 3.54. The third-order valence-corrected chi connectivity index (χ3v) is 4.92. The number of hydrogen-bond acceptors (Lipinski definition) is 6. The Labute approximate surface area is 158 Å². The van der Waals surface area contributed by atoms with Crippen molar-refractivity contribution in [2.75, 3.05) is 18.5 Å². The summed E-state index contributed by atoms with van der Waals surface area (Å²) in [6.45, 7) is 1.09. The van der Waals surface area contributed by atoms with E-state index in [2.05, 4.69) is 15.3 Å². The van der Waals surface area contributed by atoms with Crippen LogP contribution in [-0.4, -0.2) is 33.5 Å². The molecule has 0 saturated heterocycles. The fourth-order valence-corrected chi connectivity index (χ4v) is 3.59. The maximum Gasteiger partial charge on any atom is 0.277 e. The summed E-state index contributed by atoms with van der Waals surface area (Å²) in [5.74, 6) is 1.16. The van der Waals surface area contributed by atoms with E-state index in [1.807, 2.05) is 48.0 Å². The number of thiazole rings is 1. The molecular formula is C19H14N4O3S. The lowest BCUT2D eigenvalue weighted by Gasteiger charge is -2.18. The number of hydrogen-bond donors (Lipinski definition) is 1. The minimum absolute atomic E-state index is 0.290. The first-order valence-electron chi connectivity index (χ1n) is 8.37. The van der Waals surface area contributed by atoms with Gasteiger partial charge in [-0.25, -0.2) is 9.97 Å². The summed E-state index contributed by atoms with van der Waals surface area (Å²) in [4.78, 5) is 21.3. The van der Waals surface area contributed by atoms with E-state index in [4.69, 9.17) is 9.47 Å². The fraction of sp³-hybridized carbons (Fsp3) is 0.105. The van der Waals surface area contributed by atoms with Crippen molar-refractivity contribution in [1.29, 1.82) is 0 Å². The number of carbonyl (C=O) groups is 1. The van der Waals surface area contributed by atoms with Crippen LogP contribution in [0.5, 0.6) is 11.5 Å². The topological polar surface area (TPSA) is 77.8 Å². The molecule has 3 aromatic heterocycles. The minimum atomic E-state index is -0.290. The van der Waals surface area contributed by atoms with Gasteiger partial charge in [-0.2, -0.15) is 0 Å². The van der Waals surface area contributed by atoms with Gasteiger partial charge in [0.15, 0.2) is 16.6 Å². The zero-order valence-corrected chi connectivity index (χ0v) is 14.9. The predicted molar refractivity (Wildman–Crippen MR) is 102 cm³/mol. The lowest BCUT2D eigenvalue weighted by atomic mass is 10.1. The minimum Gasteiger partial charge on any atom is -0.486 e. The van der Waals surface area contributed by atoms with Crippen LogP contribution in [0.25, 0.3) is 16.9 Å². The standard InChI is InChI=1S/C19H14N4O3S/c24-18(13-10-23-6-2-1-3-17(23)20-13)22-19-21-14(11-27-19)12-4-5-15-16(9-12)26-8-7-25-15/h1-6,9-11H,7-8H2,(H,21,22,24). The molecule has 1 amide bonds. The van der Waals surface area contributed by atoms with Gasteiger partial charge in [-0.3, -0.25) is 10.1 Å². The summed E-state index contributed by atoms with van der Waals surface area (Å²) in [7, 11) is 0. The molecule has 0 aliphatic carbocycles. The van der Waals surface area contributed by atoms with Crippen LogP contribution < -0.4 is 14.8 Å². The molecule has 0 atom stereocenters. The van der Waals surface area contributed by atoms with Crippen molar-refractivity contribution in [3.8, 4) is 22.8 Å². The molecule has 0 spiro atoms. The maximum atomic E-state index is 12.5. The van der Waals surface area contributed by atoms with E-state index in [0.29, 0.717) is 29.8 Å². The van der Waals surface area contributed by atoms with Crippen LogP contribution in [0, 0.1) is 0 Å². The highest BCUT2D eigenvalue weighted by Gasteiger charge is 2.16. The zero-order chi connectivity index (χ0) is 18.2. The first-order chi connectivity index (χ1) is 13.3. The average molecular weight is 378 g/mol. The Kier molecular flexibility index (Phi) is 3.75. The van der Waals surface area contributed by atoms with E-state index in [0.717, 1.165) is 22.7 Å². The van der Waals surface area contributed by atoms with E-state index >= 15 is 0 Å². The Morgan fingerprint density at radius 3 is 2.89 bits per heavy atom. The summed E-state index contributed by atoms with van der Waals surface area (Å²) < 4.78 is 13.0. The van der Waals surface area contributed by atoms with Gasteiger partial charge in [-0.1, -0.05) is 6.07 Å². The average Bonchev–Trinajstić information content (AvgIpc) is 3.34. The van der Waals surface area contributed by atoms with Crippen LogP contribution in [0.1, 0.15) is 10.5 Å². The van der Waals surface area contributed by atoms with Crippen molar-refractivity contribution in [2.45, 2.75) is 0 Å². The number of fused-ring (bicyclic) bond motifs is 2. The van der Waals surface area contributed by atoms with Crippen molar-refractivity contribution < 1.29 is 14.3 Å². The second-order valence-electron chi connectivity index (χ2n) is 5.94. The number of nitrogens with zero attached hydrogens (tertiary/aromatic N) is 3. The van der Waals surface area contributed by atoms with Gasteiger partial charge in [0, 0.05) is 23.3 Å². The SMILES string of the molecule is O=C(Nc1nc(-c2ccc3c(c2)OCCO3)cs1)c1cn2ccccc2n1. The van der Waals surface area contributed by atoms with Crippen LogP contribution in [0.3, 0.4) is 0 Å². The molecule has 1 N–H and O–H groups in total. The van der Waals surface area contributed by atoms with Gasteiger partial charge in [0.2, 0.25) is 0 Å². The first-order valence-corrected chi connectivity index (χ1v) is 9.25. The van der Waals surface area contributed by atoms with Crippen LogP contribution in [-0.2, 0) is 0 Å². The van der Waals surface area contributed by atoms with E-state index in [9.17, 15) is 4.79 Å². The lowest BCUT2D eigenvalue weighted by Crippen LogP contribution is -2.15. The highest BCUT2D eigenvalue weighted by atomic mass is 32.1. The number of amides is 1. The molecule has 0 fully saturated rings. The summed E-state index contributed by atoms with van der Waals surface area (Å²) in [6, 6.07) is 11.3. The summed E-state index contributed by atoms with van der Waals surface area (Å²) in [5, 5.41) is 5.22. The number of rotatable bonds is 3. The monoisotopic (exact) mass is 378 g/mol. The number of anilines is 1. The van der Waals surface area contributed by atoms with Crippen LogP contribution in [0.2, 0.25) is 0 Å². The molecule has 0 saturated carbocycles. The number of ether oxygens (including phenoxy) is 2. The van der Waals surface area contributed by atoms with Gasteiger partial charge < -0.3 is 13.9 Å². The number of imidazole rings is 1. The lowest BCUT2D eigenvalue weighted by molar-refractivity contribution is 0.102. The van der Waals surface area contributed by atoms with E-state index in [1.165, 1.54) is 11.3 Å². The molecule has 7 nitrogen and oxygen atoms in total. The molecule has 0 unspecified atom stereocenters. The second kappa shape index (κ2) is 6.40. The molecule has 4 heterocycles. The highest BCUT2D eigenvalue weighted by molar-refractivity contribution is 7.14. The third-order valence-electron chi connectivity index (χ3n) is 4.16. The Balaban J connectivity index is 1.36. The molecule has 27 heavy (non-hydrogen) atoms. The maximum absolute atomic E-state index is 12.5. The highest BCUT2D eigenvalue weighted by Crippen LogP contribution is 2.35. The second-order valence-corrected chi connectivity index (χ2v) is 6.80. The van der Waals surface area contributed by atoms with Gasteiger partial charge in [-0.05, 0) is 30.3 Å². The van der Waals surface area contributed by atoms with Crippen LogP contribution >= 0.6 is 11.3 Å². The molecule has 1 aliphatic rings. The smallest absolute Gasteiger partial charge is 0.277 e. The number of aromatic nitrogens is 3. The molecular weight excluding hydrogens is 364 g/mol. The number of benzene rings is 1. The van der Waals surface area contributed by atoms with E-state index in [-0.39, 0.29) is 5.91 Å². The molecule has 5 rings (SSSR count). The molecule has 0 radical (unpaired) electrons. The number of pyridine rings is 1. The van der Waals surface area contributed by atoms with E-state index in [1.54, 1.807) is 10.6 Å². The van der Waals surface area contributed by atoms with Gasteiger partial charge in [0.25, 0.3) is 5.91 Å². The van der Waals surface area contributed by atoms with Crippen LogP contribution in [0.4, 0.5) is 5.13 Å². The molecule has 1 aromatic carbocycles. The van der Waals surface area contributed by atoms with Gasteiger partial charge in [-0.15, -0.1) is 11.3 Å². The quantitative estimate of drug-likeness (QED) is 0.591. The molecule has 134 valence electrons. The fourth-order valence-electron chi connectivity index (χ4n) is 2.87. The number of carbonyl (C=O) groups excluding carboxylic acids is 1. The van der Waals surface area contributed by atoms with Crippen molar-refractivity contribution in [2.24, 2.45) is 0 Å². The molecule has 8 heteroatoms. The first kappa shape index (κ1) is 15.8. The van der Waals surface area contributed by atoms with Crippen molar-refractivity contribution in [1.82, 2.24) is 14.4 Å². The zero-order valence-electron chi connectivity index (χ0n) is 14.1. The third kappa shape index (κ3) is 3.00. The van der Waals surface area contributed by atoms with Crippen molar-refractivity contribution in [3.63, 3.8) is 0 Å². The van der Waals surface area contributed by atoms with Gasteiger partial charge >= 0.3 is 0 Å². The Morgan fingerprint density at radius 2 is 2.00 bits per heavy atom. The van der Waals surface area contributed by atoms with Crippen molar-refractivity contribution in [3.05, 3.63) is 59.9 Å². The van der Waals surface area contributed by atoms with E-state index < -0.39 is 0 Å². The predicted octanol–water partition coefficient (Wildman–Crippen LogP) is 3.48.